The molecule has 0 radical (unpaired) electrons. The van der Waals surface area contributed by atoms with Crippen LogP contribution in [0.2, 0.25) is 0 Å². The number of ether oxygens (including phenoxy) is 1. The lowest BCUT2D eigenvalue weighted by Gasteiger charge is -2.30. The summed E-state index contributed by atoms with van der Waals surface area (Å²) < 4.78 is 5.97. The number of carbonyl (C=O) groups is 2. The van der Waals surface area contributed by atoms with E-state index in [9.17, 15) is 9.59 Å². The van der Waals surface area contributed by atoms with Gasteiger partial charge in [0.15, 0.2) is 0 Å². The molecule has 32 heavy (non-hydrogen) atoms. The normalized spacial score (nSPS) is 19.4. The van der Waals surface area contributed by atoms with Crippen molar-refractivity contribution < 1.29 is 14.3 Å². The van der Waals surface area contributed by atoms with Crippen molar-refractivity contribution in [3.63, 3.8) is 0 Å². The molecule has 0 saturated heterocycles. The zero-order valence-electron chi connectivity index (χ0n) is 18.3. The number of hydrogen-bond acceptors (Lipinski definition) is 4. The van der Waals surface area contributed by atoms with Gasteiger partial charge in [-0.3, -0.25) is 14.5 Å². The fraction of sp³-hybridized carbons (Fsp3) is 0.308. The minimum atomic E-state index is -0.689. The SMILES string of the molecule is C=CCN(CC=C)[C@H]1COc2ccc(cc2)CCNC(=O)[C@H](Cc2ccccc2)NC1=O. The molecular formula is C26H31N3O3. The van der Waals surface area contributed by atoms with E-state index in [1.165, 1.54) is 0 Å². The van der Waals surface area contributed by atoms with E-state index in [4.69, 9.17) is 4.74 Å². The monoisotopic (exact) mass is 433 g/mol. The maximum atomic E-state index is 13.4. The maximum Gasteiger partial charge on any atom is 0.242 e. The number of nitrogens with one attached hydrogen (secondary N) is 2. The maximum absolute atomic E-state index is 13.4. The second-order valence-electron chi connectivity index (χ2n) is 7.79. The van der Waals surface area contributed by atoms with Gasteiger partial charge >= 0.3 is 0 Å². The van der Waals surface area contributed by atoms with Gasteiger partial charge in [0.05, 0.1) is 0 Å². The molecule has 0 aliphatic carbocycles. The van der Waals surface area contributed by atoms with Crippen molar-refractivity contribution in [2.45, 2.75) is 24.9 Å². The highest BCUT2D eigenvalue weighted by atomic mass is 16.5. The largest absolute Gasteiger partial charge is 0.491 e. The molecule has 2 heterocycles. The van der Waals surface area contributed by atoms with Gasteiger partial charge in [0.25, 0.3) is 0 Å². The molecule has 2 N–H and O–H groups in total. The van der Waals surface area contributed by atoms with E-state index in [2.05, 4.69) is 23.8 Å². The average molecular weight is 434 g/mol. The summed E-state index contributed by atoms with van der Waals surface area (Å²) in [5.41, 5.74) is 2.08. The second-order valence-corrected chi connectivity index (χ2v) is 7.79. The van der Waals surface area contributed by atoms with Crippen molar-refractivity contribution >= 4 is 11.8 Å². The van der Waals surface area contributed by atoms with Crippen LogP contribution in [0.3, 0.4) is 0 Å². The molecule has 2 atom stereocenters. The van der Waals surface area contributed by atoms with Gasteiger partial charge in [0, 0.05) is 26.1 Å². The van der Waals surface area contributed by atoms with Crippen molar-refractivity contribution in [3.05, 3.63) is 91.0 Å². The first-order valence-corrected chi connectivity index (χ1v) is 10.9. The Bertz CT molecular complexity index is 902. The summed E-state index contributed by atoms with van der Waals surface area (Å²) in [5, 5.41) is 5.94. The van der Waals surface area contributed by atoms with Crippen LogP contribution in [0.15, 0.2) is 79.9 Å². The van der Waals surface area contributed by atoms with E-state index in [-0.39, 0.29) is 18.4 Å². The molecule has 2 aliphatic heterocycles. The predicted molar refractivity (Wildman–Crippen MR) is 126 cm³/mol. The van der Waals surface area contributed by atoms with Crippen LogP contribution in [-0.4, -0.2) is 55.0 Å². The van der Waals surface area contributed by atoms with Crippen molar-refractivity contribution in [1.29, 1.82) is 0 Å². The molecule has 2 aromatic carbocycles. The van der Waals surface area contributed by atoms with Crippen LogP contribution in [0.25, 0.3) is 0 Å². The highest BCUT2D eigenvalue weighted by Crippen LogP contribution is 2.15. The third-order valence-corrected chi connectivity index (χ3v) is 5.43. The van der Waals surface area contributed by atoms with Crippen LogP contribution in [0.4, 0.5) is 0 Å². The van der Waals surface area contributed by atoms with Gasteiger partial charge in [-0.2, -0.15) is 0 Å². The van der Waals surface area contributed by atoms with Crippen LogP contribution in [0, 0.1) is 0 Å². The van der Waals surface area contributed by atoms with E-state index in [1.807, 2.05) is 59.5 Å². The van der Waals surface area contributed by atoms with Crippen LogP contribution >= 0.6 is 0 Å². The van der Waals surface area contributed by atoms with E-state index < -0.39 is 12.1 Å². The van der Waals surface area contributed by atoms with Crippen LogP contribution in [0.5, 0.6) is 5.75 Å². The Morgan fingerprint density at radius 3 is 2.31 bits per heavy atom. The average Bonchev–Trinajstić information content (AvgIpc) is 2.80. The summed E-state index contributed by atoms with van der Waals surface area (Å²) in [6.45, 7) is 9.22. The lowest BCUT2D eigenvalue weighted by atomic mass is 10.0. The van der Waals surface area contributed by atoms with Crippen molar-refractivity contribution in [3.8, 4) is 5.75 Å². The van der Waals surface area contributed by atoms with Gasteiger partial charge in [-0.1, -0.05) is 54.6 Å². The van der Waals surface area contributed by atoms with Gasteiger partial charge in [-0.05, 0) is 29.7 Å². The lowest BCUT2D eigenvalue weighted by molar-refractivity contribution is -0.132. The molecular weight excluding hydrogens is 402 g/mol. The fourth-order valence-electron chi connectivity index (χ4n) is 3.72. The zero-order chi connectivity index (χ0) is 22.8. The Kier molecular flexibility index (Phi) is 8.63. The number of fused-ring (bicyclic) bond motifs is 11. The number of rotatable bonds is 7. The Balaban J connectivity index is 1.89. The van der Waals surface area contributed by atoms with Crippen molar-refractivity contribution in [2.24, 2.45) is 0 Å². The van der Waals surface area contributed by atoms with Gasteiger partial charge in [-0.15, -0.1) is 13.2 Å². The Hall–Kier alpha value is -3.38. The highest BCUT2D eigenvalue weighted by molar-refractivity contribution is 5.90. The minimum absolute atomic E-state index is 0.145. The summed E-state index contributed by atoms with van der Waals surface area (Å²) in [6.07, 6.45) is 4.59. The molecule has 0 fully saturated rings. The third-order valence-electron chi connectivity index (χ3n) is 5.43. The minimum Gasteiger partial charge on any atom is -0.491 e. The standard InChI is InChI=1S/C26H31N3O3/c1-3-16-29(17-4-2)24-19-32-22-12-10-20(11-13-22)14-15-27-25(30)23(28-26(24)31)18-21-8-6-5-7-9-21/h3-13,23-24H,1-2,14-19H2,(H,27,30)(H,28,31)/t23-,24-/m0/s1. The van der Waals surface area contributed by atoms with E-state index in [1.54, 1.807) is 12.2 Å². The molecule has 0 spiro atoms. The summed E-state index contributed by atoms with van der Waals surface area (Å²) in [7, 11) is 0. The number of carbonyl (C=O) groups excluding carboxylic acids is 2. The van der Waals surface area contributed by atoms with E-state index in [0.29, 0.717) is 38.2 Å². The molecule has 0 unspecified atom stereocenters. The van der Waals surface area contributed by atoms with Crippen LogP contribution in [-0.2, 0) is 22.4 Å². The number of amides is 2. The Morgan fingerprint density at radius 1 is 0.969 bits per heavy atom. The number of hydrogen-bond donors (Lipinski definition) is 2. The van der Waals surface area contributed by atoms with Crippen molar-refractivity contribution in [1.82, 2.24) is 15.5 Å². The molecule has 2 aromatic rings. The molecule has 2 amide bonds. The highest BCUT2D eigenvalue weighted by Gasteiger charge is 2.30. The Morgan fingerprint density at radius 2 is 1.66 bits per heavy atom. The summed E-state index contributed by atoms with van der Waals surface area (Å²) >= 11 is 0. The first-order chi connectivity index (χ1) is 15.6. The van der Waals surface area contributed by atoms with Gasteiger partial charge in [0.1, 0.15) is 24.4 Å². The quantitative estimate of drug-likeness (QED) is 0.659. The first-order valence-electron chi connectivity index (χ1n) is 10.9. The number of nitrogens with zero attached hydrogens (tertiary/aromatic N) is 1. The topological polar surface area (TPSA) is 70.7 Å². The molecule has 2 bridgehead atoms. The predicted octanol–water partition coefficient (Wildman–Crippen LogP) is 2.51. The summed E-state index contributed by atoms with van der Waals surface area (Å²) in [6, 6.07) is 16.1. The molecule has 4 rings (SSSR count). The van der Waals surface area contributed by atoms with E-state index >= 15 is 0 Å². The van der Waals surface area contributed by atoms with Crippen molar-refractivity contribution in [2.75, 3.05) is 26.2 Å². The molecule has 168 valence electrons. The van der Waals surface area contributed by atoms with Gasteiger partial charge in [0.2, 0.25) is 11.8 Å². The van der Waals surface area contributed by atoms with E-state index in [0.717, 1.165) is 11.1 Å². The smallest absolute Gasteiger partial charge is 0.242 e. The zero-order valence-corrected chi connectivity index (χ0v) is 18.3. The molecule has 6 heteroatoms. The first kappa shape index (κ1) is 23.3. The van der Waals surface area contributed by atoms with Crippen LogP contribution in [0.1, 0.15) is 11.1 Å². The third kappa shape index (κ3) is 6.56. The lowest BCUT2D eigenvalue weighted by Crippen LogP contribution is -2.56. The molecule has 0 aromatic heterocycles. The summed E-state index contributed by atoms with van der Waals surface area (Å²) in [5.74, 6) is 0.235. The van der Waals surface area contributed by atoms with Gasteiger partial charge < -0.3 is 15.4 Å². The van der Waals surface area contributed by atoms with Gasteiger partial charge in [-0.25, -0.2) is 0 Å². The second kappa shape index (κ2) is 11.9. The Labute approximate surface area is 190 Å². The molecule has 0 saturated carbocycles. The summed E-state index contributed by atoms with van der Waals surface area (Å²) in [4.78, 5) is 28.3. The fourth-order valence-corrected chi connectivity index (χ4v) is 3.72. The molecule has 2 aliphatic rings. The molecule has 6 nitrogen and oxygen atoms in total. The van der Waals surface area contributed by atoms with Crippen LogP contribution < -0.4 is 15.4 Å². The number of benzene rings is 2.